The lowest BCUT2D eigenvalue weighted by atomic mass is 10.1. The molecule has 7 heteroatoms. The molecule has 2 aromatic rings. The van der Waals surface area contributed by atoms with E-state index in [2.05, 4.69) is 24.3 Å². The van der Waals surface area contributed by atoms with Gasteiger partial charge in [0, 0.05) is 5.56 Å². The van der Waals surface area contributed by atoms with Crippen LogP contribution in [-0.2, 0) is 11.3 Å². The maximum atomic E-state index is 11.4. The highest BCUT2D eigenvalue weighted by Crippen LogP contribution is 2.22. The van der Waals surface area contributed by atoms with Crippen LogP contribution in [0.25, 0.3) is 11.3 Å². The Bertz CT molecular complexity index is 628. The molecule has 25 heavy (non-hydrogen) atoms. The van der Waals surface area contributed by atoms with Gasteiger partial charge >= 0.3 is 5.97 Å². The van der Waals surface area contributed by atoms with Crippen LogP contribution in [0, 0.1) is 0 Å². The van der Waals surface area contributed by atoms with Gasteiger partial charge in [-0.15, -0.1) is 0 Å². The van der Waals surface area contributed by atoms with Gasteiger partial charge in [0.1, 0.15) is 11.5 Å². The van der Waals surface area contributed by atoms with Gasteiger partial charge in [0.15, 0.2) is 0 Å². The summed E-state index contributed by atoms with van der Waals surface area (Å²) in [6.45, 7) is 2.75. The maximum absolute atomic E-state index is 11.4. The van der Waals surface area contributed by atoms with Crippen molar-refractivity contribution in [3.8, 4) is 11.3 Å². The summed E-state index contributed by atoms with van der Waals surface area (Å²) in [5.41, 5.74) is 1.47. The molecule has 0 aliphatic rings. The standard InChI is InChI=1S/C18H24N2O3.2ClH/c1-20(2)12-4-11-19-13-16-9-10-17(23-16)14-5-7-15(8-6-14)18(21)22-3;;/h5-10,19H,4,11-13H2,1-3H3;2*1H/p-2. The van der Waals surface area contributed by atoms with E-state index in [1.165, 1.54) is 7.11 Å². The van der Waals surface area contributed by atoms with Gasteiger partial charge < -0.3 is 44.2 Å². The van der Waals surface area contributed by atoms with E-state index in [1.807, 2.05) is 24.3 Å². The number of nitrogens with zero attached hydrogens (tertiary/aromatic N) is 1. The van der Waals surface area contributed by atoms with Crippen molar-refractivity contribution >= 4 is 5.97 Å². The Morgan fingerprint density at radius 2 is 1.80 bits per heavy atom. The van der Waals surface area contributed by atoms with Gasteiger partial charge in [-0.2, -0.15) is 0 Å². The van der Waals surface area contributed by atoms with Crippen molar-refractivity contribution in [2.75, 3.05) is 34.3 Å². The van der Waals surface area contributed by atoms with E-state index in [-0.39, 0.29) is 30.8 Å². The largest absolute Gasteiger partial charge is 1.00 e. The van der Waals surface area contributed by atoms with Crippen molar-refractivity contribution in [3.63, 3.8) is 0 Å². The molecule has 5 nitrogen and oxygen atoms in total. The Balaban J connectivity index is 0.00000288. The highest BCUT2D eigenvalue weighted by molar-refractivity contribution is 5.89. The van der Waals surface area contributed by atoms with Gasteiger partial charge in [0.05, 0.1) is 19.2 Å². The summed E-state index contributed by atoms with van der Waals surface area (Å²) in [5.74, 6) is 1.37. The summed E-state index contributed by atoms with van der Waals surface area (Å²) in [4.78, 5) is 13.6. The summed E-state index contributed by atoms with van der Waals surface area (Å²) < 4.78 is 10.5. The van der Waals surface area contributed by atoms with Crippen molar-refractivity contribution in [1.82, 2.24) is 10.2 Å². The summed E-state index contributed by atoms with van der Waals surface area (Å²) in [6, 6.07) is 11.1. The number of carbonyl (C=O) groups excluding carboxylic acids is 1. The molecule has 1 heterocycles. The molecule has 0 radical (unpaired) electrons. The van der Waals surface area contributed by atoms with Crippen molar-refractivity contribution in [2.24, 2.45) is 0 Å². The summed E-state index contributed by atoms with van der Waals surface area (Å²) >= 11 is 0. The van der Waals surface area contributed by atoms with Gasteiger partial charge in [-0.25, -0.2) is 4.79 Å². The number of furan rings is 1. The number of benzene rings is 1. The van der Waals surface area contributed by atoms with Gasteiger partial charge in [-0.3, -0.25) is 0 Å². The number of halogens is 2. The molecular weight excluding hydrogens is 363 g/mol. The monoisotopic (exact) mass is 386 g/mol. The van der Waals surface area contributed by atoms with Crippen LogP contribution in [0.15, 0.2) is 40.8 Å². The van der Waals surface area contributed by atoms with E-state index < -0.39 is 0 Å². The second kappa shape index (κ2) is 11.9. The third kappa shape index (κ3) is 7.48. The van der Waals surface area contributed by atoms with E-state index in [9.17, 15) is 4.79 Å². The summed E-state index contributed by atoms with van der Waals surface area (Å²) in [7, 11) is 5.52. The van der Waals surface area contributed by atoms with Crippen molar-refractivity contribution < 1.29 is 38.8 Å². The van der Waals surface area contributed by atoms with Crippen LogP contribution in [0.3, 0.4) is 0 Å². The second-order valence-corrected chi connectivity index (χ2v) is 5.67. The quantitative estimate of drug-likeness (QED) is 0.382. The first-order chi connectivity index (χ1) is 11.1. The van der Waals surface area contributed by atoms with E-state index in [1.54, 1.807) is 12.1 Å². The van der Waals surface area contributed by atoms with Gasteiger partial charge in [0.25, 0.3) is 0 Å². The molecule has 0 bridgehead atoms. The van der Waals surface area contributed by atoms with Gasteiger partial charge in [0.2, 0.25) is 0 Å². The molecule has 0 atom stereocenters. The van der Waals surface area contributed by atoms with Crippen LogP contribution in [0.2, 0.25) is 0 Å². The summed E-state index contributed by atoms with van der Waals surface area (Å²) in [6.07, 6.45) is 1.11. The second-order valence-electron chi connectivity index (χ2n) is 5.67. The lowest BCUT2D eigenvalue weighted by molar-refractivity contribution is -0.00100. The normalized spacial score (nSPS) is 10.1. The molecule has 0 spiro atoms. The molecule has 1 aromatic carbocycles. The number of esters is 1. The SMILES string of the molecule is COC(=O)c1ccc(-c2ccc(CNCCCN(C)C)o2)cc1.[Cl-].[Cl-]. The smallest absolute Gasteiger partial charge is 0.337 e. The topological polar surface area (TPSA) is 54.7 Å². The minimum atomic E-state index is -0.335. The minimum Gasteiger partial charge on any atom is -1.00 e. The molecule has 0 amide bonds. The van der Waals surface area contributed by atoms with Crippen LogP contribution in [0.5, 0.6) is 0 Å². The van der Waals surface area contributed by atoms with Gasteiger partial charge in [-0.05, 0) is 57.9 Å². The number of methoxy groups -OCH3 is 1. The Morgan fingerprint density at radius 1 is 1.12 bits per heavy atom. The molecule has 1 N–H and O–H groups in total. The first-order valence-electron chi connectivity index (χ1n) is 7.73. The predicted octanol–water partition coefficient (Wildman–Crippen LogP) is -3.22. The predicted molar refractivity (Wildman–Crippen MR) is 90.4 cm³/mol. The fourth-order valence-corrected chi connectivity index (χ4v) is 2.25. The lowest BCUT2D eigenvalue weighted by Crippen LogP contribution is -3.00. The van der Waals surface area contributed by atoms with Crippen LogP contribution < -0.4 is 30.1 Å². The average Bonchev–Trinajstić information content (AvgIpc) is 3.02. The number of hydrogen-bond acceptors (Lipinski definition) is 5. The van der Waals surface area contributed by atoms with Crippen LogP contribution in [0.4, 0.5) is 0 Å². The van der Waals surface area contributed by atoms with E-state index >= 15 is 0 Å². The van der Waals surface area contributed by atoms with Crippen molar-refractivity contribution in [2.45, 2.75) is 13.0 Å². The fourth-order valence-electron chi connectivity index (χ4n) is 2.25. The first-order valence-corrected chi connectivity index (χ1v) is 7.73. The molecule has 0 saturated carbocycles. The van der Waals surface area contributed by atoms with E-state index in [0.717, 1.165) is 36.6 Å². The molecule has 0 fully saturated rings. The van der Waals surface area contributed by atoms with Gasteiger partial charge in [-0.1, -0.05) is 12.1 Å². The highest BCUT2D eigenvalue weighted by atomic mass is 35.5. The van der Waals surface area contributed by atoms with Crippen molar-refractivity contribution in [3.05, 3.63) is 47.7 Å². The Kier molecular flexibility index (Phi) is 11.2. The van der Waals surface area contributed by atoms with E-state index in [4.69, 9.17) is 9.15 Å². The molecule has 0 saturated heterocycles. The Labute approximate surface area is 161 Å². The zero-order chi connectivity index (χ0) is 16.7. The highest BCUT2D eigenvalue weighted by Gasteiger charge is 2.08. The number of nitrogens with one attached hydrogen (secondary N) is 1. The Morgan fingerprint density at radius 3 is 2.40 bits per heavy atom. The number of ether oxygens (including phenoxy) is 1. The molecule has 0 aliphatic carbocycles. The molecule has 140 valence electrons. The van der Waals surface area contributed by atoms with Crippen molar-refractivity contribution in [1.29, 1.82) is 0 Å². The van der Waals surface area contributed by atoms with E-state index in [0.29, 0.717) is 12.1 Å². The number of carbonyl (C=O) groups is 1. The third-order valence-electron chi connectivity index (χ3n) is 3.51. The number of rotatable bonds is 8. The summed E-state index contributed by atoms with van der Waals surface area (Å²) in [5, 5.41) is 3.37. The molecule has 0 unspecified atom stereocenters. The zero-order valence-corrected chi connectivity index (χ0v) is 16.2. The van der Waals surface area contributed by atoms with Crippen LogP contribution in [0.1, 0.15) is 22.5 Å². The first kappa shape index (κ1) is 23.5. The Hall–Kier alpha value is -1.53. The van der Waals surface area contributed by atoms with Crippen LogP contribution in [-0.4, -0.2) is 45.2 Å². The van der Waals surface area contributed by atoms with Crippen LogP contribution >= 0.6 is 0 Å². The number of hydrogen-bond donors (Lipinski definition) is 1. The maximum Gasteiger partial charge on any atom is 0.337 e. The zero-order valence-electron chi connectivity index (χ0n) is 14.7. The lowest BCUT2D eigenvalue weighted by Gasteiger charge is -2.09. The fraction of sp³-hybridized carbons (Fsp3) is 0.389. The third-order valence-corrected chi connectivity index (χ3v) is 3.51. The molecule has 1 aromatic heterocycles. The molecule has 0 aliphatic heterocycles. The average molecular weight is 387 g/mol. The minimum absolute atomic E-state index is 0. The molecule has 2 rings (SSSR count). The molecular formula is C18H24Cl2N2O3-2.